The van der Waals surface area contributed by atoms with Gasteiger partial charge in [0, 0.05) is 0 Å². The van der Waals surface area contributed by atoms with Crippen molar-refractivity contribution in [1.82, 2.24) is 0 Å². The summed E-state index contributed by atoms with van der Waals surface area (Å²) in [7, 11) is 0. The van der Waals surface area contributed by atoms with E-state index in [4.69, 9.17) is 5.73 Å². The maximum Gasteiger partial charge on any atom is -0.00206 e. The summed E-state index contributed by atoms with van der Waals surface area (Å²) in [6.07, 6.45) is 11.0. The summed E-state index contributed by atoms with van der Waals surface area (Å²) in [5.74, 6) is 0. The maximum atomic E-state index is 5.58. The van der Waals surface area contributed by atoms with Crippen molar-refractivity contribution in [2.24, 2.45) is 11.1 Å². The Morgan fingerprint density at radius 1 is 1.00 bits per heavy atom. The van der Waals surface area contributed by atoms with Crippen molar-refractivity contribution in [3.63, 3.8) is 0 Å². The largest absolute Gasteiger partial charge is 0.330 e. The fourth-order valence-corrected chi connectivity index (χ4v) is 1.88. The zero-order chi connectivity index (χ0) is 10.9. The Balaban J connectivity index is 0.000000255. The molecule has 1 aliphatic rings. The molecular formula is C13H29N. The first kappa shape index (κ1) is 14.0. The number of rotatable bonds is 5. The van der Waals surface area contributed by atoms with Gasteiger partial charge in [-0.2, -0.15) is 0 Å². The quantitative estimate of drug-likeness (QED) is 0.662. The molecule has 0 aromatic carbocycles. The predicted molar refractivity (Wildman–Crippen MR) is 65.4 cm³/mol. The first-order valence-electron chi connectivity index (χ1n) is 6.44. The van der Waals surface area contributed by atoms with Gasteiger partial charge in [0.1, 0.15) is 0 Å². The number of hydrogen-bond donors (Lipinski definition) is 1. The highest BCUT2D eigenvalue weighted by Crippen LogP contribution is 2.42. The second-order valence-electron chi connectivity index (χ2n) is 4.62. The van der Waals surface area contributed by atoms with E-state index < -0.39 is 0 Å². The fraction of sp³-hybridized carbons (Fsp3) is 1.00. The molecule has 0 spiro atoms. The van der Waals surface area contributed by atoms with Crippen LogP contribution in [0.3, 0.4) is 0 Å². The van der Waals surface area contributed by atoms with E-state index in [1.165, 1.54) is 51.4 Å². The molecule has 0 heterocycles. The molecule has 0 amide bonds. The van der Waals surface area contributed by atoms with Crippen LogP contribution in [-0.2, 0) is 0 Å². The van der Waals surface area contributed by atoms with E-state index in [0.29, 0.717) is 5.41 Å². The van der Waals surface area contributed by atoms with Gasteiger partial charge in [-0.05, 0) is 31.2 Å². The number of nitrogens with two attached hydrogens (primary N) is 1. The molecule has 0 radical (unpaired) electrons. The Hall–Kier alpha value is -0.0400. The van der Waals surface area contributed by atoms with Gasteiger partial charge in [-0.25, -0.2) is 0 Å². The third-order valence-electron chi connectivity index (χ3n) is 3.55. The number of unbranched alkanes of at least 4 members (excludes halogenated alkanes) is 3. The lowest BCUT2D eigenvalue weighted by atomic mass is 9.67. The van der Waals surface area contributed by atoms with E-state index in [2.05, 4.69) is 20.8 Å². The van der Waals surface area contributed by atoms with Crippen LogP contribution in [0.2, 0.25) is 0 Å². The first-order chi connectivity index (χ1) is 6.74. The van der Waals surface area contributed by atoms with Gasteiger partial charge in [0.05, 0.1) is 0 Å². The minimum atomic E-state index is 0.583. The van der Waals surface area contributed by atoms with Crippen LogP contribution in [0, 0.1) is 5.41 Å². The molecule has 0 unspecified atom stereocenters. The third kappa shape index (κ3) is 4.99. The minimum absolute atomic E-state index is 0.583. The van der Waals surface area contributed by atoms with Gasteiger partial charge in [-0.3, -0.25) is 0 Å². The van der Waals surface area contributed by atoms with Crippen LogP contribution in [0.15, 0.2) is 0 Å². The zero-order valence-corrected chi connectivity index (χ0v) is 10.4. The molecule has 0 aliphatic heterocycles. The molecule has 0 aromatic heterocycles. The molecule has 1 heteroatoms. The molecule has 0 bridgehead atoms. The summed E-state index contributed by atoms with van der Waals surface area (Å²) in [6, 6.07) is 0. The SMILES string of the molecule is CCC1(CN)CCC1.CCCCCC. The monoisotopic (exact) mass is 199 g/mol. The maximum absolute atomic E-state index is 5.58. The second kappa shape index (κ2) is 8.28. The van der Waals surface area contributed by atoms with Crippen molar-refractivity contribution in [2.75, 3.05) is 6.54 Å². The molecule has 1 aliphatic carbocycles. The van der Waals surface area contributed by atoms with Crippen molar-refractivity contribution in [3.8, 4) is 0 Å². The lowest BCUT2D eigenvalue weighted by Gasteiger charge is -2.40. The van der Waals surface area contributed by atoms with Gasteiger partial charge in [0.25, 0.3) is 0 Å². The normalized spacial score (nSPS) is 18.0. The lowest BCUT2D eigenvalue weighted by Crippen LogP contribution is -2.36. The molecule has 1 nitrogen and oxygen atoms in total. The smallest absolute Gasteiger partial charge is 0.00206 e. The Morgan fingerprint density at radius 2 is 1.50 bits per heavy atom. The highest BCUT2D eigenvalue weighted by Gasteiger charge is 2.32. The number of hydrogen-bond acceptors (Lipinski definition) is 1. The van der Waals surface area contributed by atoms with Crippen molar-refractivity contribution >= 4 is 0 Å². The summed E-state index contributed by atoms with van der Waals surface area (Å²) >= 11 is 0. The zero-order valence-electron chi connectivity index (χ0n) is 10.4. The van der Waals surface area contributed by atoms with Crippen LogP contribution in [0.4, 0.5) is 0 Å². The second-order valence-corrected chi connectivity index (χ2v) is 4.62. The summed E-state index contributed by atoms with van der Waals surface area (Å²) in [5.41, 5.74) is 6.16. The average Bonchev–Trinajstić information content (AvgIpc) is 2.16. The van der Waals surface area contributed by atoms with E-state index in [1.54, 1.807) is 0 Å². The Kier molecular flexibility index (Phi) is 8.26. The van der Waals surface area contributed by atoms with Crippen LogP contribution in [0.25, 0.3) is 0 Å². The fourth-order valence-electron chi connectivity index (χ4n) is 1.88. The van der Waals surface area contributed by atoms with Crippen LogP contribution >= 0.6 is 0 Å². The molecule has 0 aromatic rings. The molecule has 1 fully saturated rings. The Morgan fingerprint density at radius 3 is 1.57 bits per heavy atom. The Bertz CT molecular complexity index is 98.9. The van der Waals surface area contributed by atoms with E-state index in [1.807, 2.05) is 0 Å². The van der Waals surface area contributed by atoms with Gasteiger partial charge in [0.2, 0.25) is 0 Å². The van der Waals surface area contributed by atoms with Crippen molar-refractivity contribution < 1.29 is 0 Å². The lowest BCUT2D eigenvalue weighted by molar-refractivity contribution is 0.138. The van der Waals surface area contributed by atoms with Gasteiger partial charge in [-0.15, -0.1) is 0 Å². The average molecular weight is 199 g/mol. The van der Waals surface area contributed by atoms with Crippen molar-refractivity contribution in [1.29, 1.82) is 0 Å². The predicted octanol–water partition coefficient (Wildman–Crippen LogP) is 4.11. The van der Waals surface area contributed by atoms with Gasteiger partial charge in [-0.1, -0.05) is 52.9 Å². The van der Waals surface area contributed by atoms with E-state index >= 15 is 0 Å². The highest BCUT2D eigenvalue weighted by atomic mass is 14.6. The van der Waals surface area contributed by atoms with Crippen LogP contribution in [0.5, 0.6) is 0 Å². The molecule has 14 heavy (non-hydrogen) atoms. The van der Waals surface area contributed by atoms with Gasteiger partial charge >= 0.3 is 0 Å². The minimum Gasteiger partial charge on any atom is -0.330 e. The third-order valence-corrected chi connectivity index (χ3v) is 3.55. The summed E-state index contributed by atoms with van der Waals surface area (Å²) in [4.78, 5) is 0. The topological polar surface area (TPSA) is 26.0 Å². The molecule has 1 saturated carbocycles. The van der Waals surface area contributed by atoms with E-state index in [9.17, 15) is 0 Å². The molecule has 1 rings (SSSR count). The first-order valence-corrected chi connectivity index (χ1v) is 6.44. The standard InChI is InChI=1S/C7H15N.C6H14/c1-2-7(6-8)4-3-5-7;1-3-5-6-4-2/h2-6,8H2,1H3;3-6H2,1-2H3. The van der Waals surface area contributed by atoms with Gasteiger partial charge < -0.3 is 5.73 Å². The van der Waals surface area contributed by atoms with Crippen LogP contribution < -0.4 is 5.73 Å². The summed E-state index contributed by atoms with van der Waals surface area (Å²) in [5, 5.41) is 0. The van der Waals surface area contributed by atoms with Crippen LogP contribution in [-0.4, -0.2) is 6.54 Å². The molecule has 0 saturated heterocycles. The van der Waals surface area contributed by atoms with E-state index in [-0.39, 0.29) is 0 Å². The highest BCUT2D eigenvalue weighted by molar-refractivity contribution is 4.86. The van der Waals surface area contributed by atoms with Gasteiger partial charge in [0.15, 0.2) is 0 Å². The summed E-state index contributed by atoms with van der Waals surface area (Å²) in [6.45, 7) is 7.61. The molecule has 0 atom stereocenters. The van der Waals surface area contributed by atoms with Crippen molar-refractivity contribution in [3.05, 3.63) is 0 Å². The molecular weight excluding hydrogens is 170 g/mol. The molecule has 2 N–H and O–H groups in total. The Labute approximate surface area is 90.5 Å². The molecule has 86 valence electrons. The van der Waals surface area contributed by atoms with E-state index in [0.717, 1.165) is 6.54 Å². The van der Waals surface area contributed by atoms with Crippen molar-refractivity contribution in [2.45, 2.75) is 72.1 Å². The van der Waals surface area contributed by atoms with Crippen LogP contribution in [0.1, 0.15) is 72.1 Å². The summed E-state index contributed by atoms with van der Waals surface area (Å²) < 4.78 is 0.